The van der Waals surface area contributed by atoms with Crippen molar-refractivity contribution in [3.8, 4) is 5.75 Å². The topological polar surface area (TPSA) is 90.8 Å². The number of piperazine rings is 3. The highest BCUT2D eigenvalue weighted by molar-refractivity contribution is 5.51. The number of para-hydroxylation sites is 3. The van der Waals surface area contributed by atoms with Crippen LogP contribution in [0.4, 0.5) is 31.5 Å². The summed E-state index contributed by atoms with van der Waals surface area (Å²) in [6.07, 6.45) is 7.88. The minimum absolute atomic E-state index is 0.0979. The average molecular weight is 967 g/mol. The summed E-state index contributed by atoms with van der Waals surface area (Å²) in [5, 5.41) is 10.3. The maximum atomic E-state index is 13.8. The predicted molar refractivity (Wildman–Crippen MR) is 291 cm³/mol. The van der Waals surface area contributed by atoms with Gasteiger partial charge in [-0.1, -0.05) is 62.4 Å². The highest BCUT2D eigenvalue weighted by atomic mass is 19.1. The van der Waals surface area contributed by atoms with E-state index in [4.69, 9.17) is 10.5 Å². The van der Waals surface area contributed by atoms with E-state index in [9.17, 15) is 8.78 Å². The zero-order valence-corrected chi connectivity index (χ0v) is 43.1. The van der Waals surface area contributed by atoms with E-state index < -0.39 is 0 Å². The summed E-state index contributed by atoms with van der Waals surface area (Å²) in [5.41, 5.74) is 8.98. The SMILES string of the molecule is CC.COc1cccc(N2CCN(CC3CCNCC3)CC2)c1.Fc1ccccc1N1CCN(CC2CCNCC2)CC1.Fc1ccccc1N1CCN(CC2CCNCC2)CC1.Nc1ccccc1. The maximum Gasteiger partial charge on any atom is 0.146 e. The van der Waals surface area contributed by atoms with E-state index in [-0.39, 0.29) is 11.6 Å². The van der Waals surface area contributed by atoms with Crippen molar-refractivity contribution in [2.75, 3.05) is 165 Å². The predicted octanol–water partition coefficient (Wildman–Crippen LogP) is 8.01. The molecule has 6 aliphatic rings. The van der Waals surface area contributed by atoms with Gasteiger partial charge in [0.1, 0.15) is 17.4 Å². The fraction of sp³-hybridized carbons (Fsp3) is 0.579. The van der Waals surface area contributed by atoms with Gasteiger partial charge in [0.05, 0.1) is 18.5 Å². The molecule has 386 valence electrons. The molecule has 6 aliphatic heterocycles. The van der Waals surface area contributed by atoms with Crippen molar-refractivity contribution in [3.05, 3.63) is 115 Å². The van der Waals surface area contributed by atoms with Gasteiger partial charge in [-0.3, -0.25) is 14.7 Å². The molecule has 13 heteroatoms. The van der Waals surface area contributed by atoms with E-state index in [0.717, 1.165) is 106 Å². The molecule has 0 amide bonds. The quantitative estimate of drug-likeness (QED) is 0.117. The van der Waals surface area contributed by atoms with Crippen LogP contribution in [0.5, 0.6) is 5.75 Å². The molecule has 5 N–H and O–H groups in total. The first kappa shape index (κ1) is 54.8. The van der Waals surface area contributed by atoms with Crippen LogP contribution >= 0.6 is 0 Å². The Bertz CT molecular complexity index is 1890. The van der Waals surface area contributed by atoms with Crippen LogP contribution in [0.3, 0.4) is 0 Å². The molecule has 0 bridgehead atoms. The molecule has 4 aromatic rings. The molecule has 10 rings (SSSR count). The largest absolute Gasteiger partial charge is 0.497 e. The zero-order valence-electron chi connectivity index (χ0n) is 43.1. The summed E-state index contributed by atoms with van der Waals surface area (Å²) < 4.78 is 32.9. The third kappa shape index (κ3) is 18.6. The van der Waals surface area contributed by atoms with Crippen LogP contribution in [0.15, 0.2) is 103 Å². The molecular weight excluding hydrogens is 879 g/mol. The second-order valence-electron chi connectivity index (χ2n) is 19.5. The molecule has 6 heterocycles. The van der Waals surface area contributed by atoms with Gasteiger partial charge in [-0.15, -0.1) is 0 Å². The number of piperidine rings is 3. The second kappa shape index (κ2) is 31.1. The standard InChI is InChI=1S/C17H27N3O.2C16H24FN3.C6H7N.C2H6/c1-21-17-4-2-3-16(13-17)20-11-9-19(10-12-20)14-15-5-7-18-8-6-15;2*17-15-3-1-2-4-16(15)20-11-9-19(10-12-20)13-14-5-7-18-8-6-14;7-6-4-2-1-3-5-6;1-2/h2-4,13,15,18H,5-12,14H2,1H3;2*1-4,14,18H,5-13H2;1-5H,7H2;1-2H3. The Balaban J connectivity index is 0.000000158. The summed E-state index contributed by atoms with van der Waals surface area (Å²) in [6.45, 7) is 27.4. The first-order valence-corrected chi connectivity index (χ1v) is 26.9. The Morgan fingerprint density at radius 1 is 0.457 bits per heavy atom. The van der Waals surface area contributed by atoms with Crippen LogP contribution in [-0.4, -0.2) is 159 Å². The molecule has 0 radical (unpaired) electrons. The summed E-state index contributed by atoms with van der Waals surface area (Å²) in [5.74, 6) is 3.34. The normalized spacial score (nSPS) is 20.0. The van der Waals surface area contributed by atoms with Gasteiger partial charge in [0.2, 0.25) is 0 Å². The highest BCUT2D eigenvalue weighted by Crippen LogP contribution is 2.25. The minimum Gasteiger partial charge on any atom is -0.497 e. The number of hydrogen-bond acceptors (Lipinski definition) is 11. The Kier molecular flexibility index (Phi) is 24.3. The van der Waals surface area contributed by atoms with Crippen LogP contribution < -0.4 is 41.1 Å². The summed E-state index contributed by atoms with van der Waals surface area (Å²) in [7, 11) is 1.73. The van der Waals surface area contributed by atoms with Crippen molar-refractivity contribution in [2.45, 2.75) is 52.4 Å². The van der Waals surface area contributed by atoms with E-state index in [0.29, 0.717) is 0 Å². The lowest BCUT2D eigenvalue weighted by atomic mass is 9.97. The van der Waals surface area contributed by atoms with Gasteiger partial charge in [-0.05, 0) is 144 Å². The molecule has 70 heavy (non-hydrogen) atoms. The van der Waals surface area contributed by atoms with E-state index in [2.05, 4.69) is 63.5 Å². The molecule has 6 saturated heterocycles. The van der Waals surface area contributed by atoms with Crippen molar-refractivity contribution in [1.82, 2.24) is 30.7 Å². The number of ether oxygens (including phenoxy) is 1. The minimum atomic E-state index is -0.0979. The Labute approximate surface area is 421 Å². The molecule has 0 aromatic heterocycles. The molecular formula is C57H88F2N10O. The first-order chi connectivity index (χ1) is 34.4. The van der Waals surface area contributed by atoms with Crippen LogP contribution in [0, 0.1) is 29.4 Å². The summed E-state index contributed by atoms with van der Waals surface area (Å²) in [4.78, 5) is 14.6. The third-order valence-electron chi connectivity index (χ3n) is 14.6. The summed E-state index contributed by atoms with van der Waals surface area (Å²) in [6, 6.07) is 32.1. The number of anilines is 4. The number of hydrogen-bond donors (Lipinski definition) is 4. The highest BCUT2D eigenvalue weighted by Gasteiger charge is 2.25. The lowest BCUT2D eigenvalue weighted by Crippen LogP contribution is -2.48. The van der Waals surface area contributed by atoms with Crippen molar-refractivity contribution in [1.29, 1.82) is 0 Å². The summed E-state index contributed by atoms with van der Waals surface area (Å²) >= 11 is 0. The van der Waals surface area contributed by atoms with Crippen LogP contribution in [-0.2, 0) is 0 Å². The van der Waals surface area contributed by atoms with Gasteiger partial charge in [0, 0.05) is 116 Å². The van der Waals surface area contributed by atoms with Gasteiger partial charge in [0.15, 0.2) is 0 Å². The van der Waals surface area contributed by atoms with Gasteiger partial charge in [-0.25, -0.2) is 8.78 Å². The fourth-order valence-corrected chi connectivity index (χ4v) is 10.5. The molecule has 11 nitrogen and oxygen atoms in total. The van der Waals surface area contributed by atoms with Crippen LogP contribution in [0.2, 0.25) is 0 Å². The molecule has 0 spiro atoms. The van der Waals surface area contributed by atoms with Crippen molar-refractivity contribution in [3.63, 3.8) is 0 Å². The fourth-order valence-electron chi connectivity index (χ4n) is 10.5. The number of halogens is 2. The number of methoxy groups -OCH3 is 1. The number of benzene rings is 4. The monoisotopic (exact) mass is 967 g/mol. The van der Waals surface area contributed by atoms with Crippen LogP contribution in [0.25, 0.3) is 0 Å². The van der Waals surface area contributed by atoms with E-state index in [1.54, 1.807) is 31.4 Å². The Morgan fingerprint density at radius 2 is 0.814 bits per heavy atom. The molecule has 0 unspecified atom stereocenters. The molecule has 6 fully saturated rings. The van der Waals surface area contributed by atoms with Crippen molar-refractivity contribution in [2.24, 2.45) is 17.8 Å². The molecule has 0 atom stereocenters. The lowest BCUT2D eigenvalue weighted by Gasteiger charge is -2.38. The lowest BCUT2D eigenvalue weighted by molar-refractivity contribution is 0.196. The first-order valence-electron chi connectivity index (χ1n) is 26.9. The number of nitrogens with zero attached hydrogens (tertiary/aromatic N) is 6. The van der Waals surface area contributed by atoms with Gasteiger partial charge < -0.3 is 41.1 Å². The average Bonchev–Trinajstić information content (AvgIpc) is 3.42. The second-order valence-corrected chi connectivity index (χ2v) is 19.5. The molecule has 0 saturated carbocycles. The number of nitrogen functional groups attached to an aromatic ring is 1. The van der Waals surface area contributed by atoms with E-state index >= 15 is 0 Å². The Morgan fingerprint density at radius 3 is 1.16 bits per heavy atom. The number of nitrogens with two attached hydrogens (primary N) is 1. The molecule has 4 aromatic carbocycles. The van der Waals surface area contributed by atoms with Crippen molar-refractivity contribution < 1.29 is 13.5 Å². The smallest absolute Gasteiger partial charge is 0.146 e. The van der Waals surface area contributed by atoms with Gasteiger partial charge >= 0.3 is 0 Å². The van der Waals surface area contributed by atoms with Crippen LogP contribution in [0.1, 0.15) is 52.4 Å². The molecule has 0 aliphatic carbocycles. The number of nitrogens with one attached hydrogen (secondary N) is 3. The number of rotatable bonds is 10. The van der Waals surface area contributed by atoms with Gasteiger partial charge in [0.25, 0.3) is 0 Å². The zero-order chi connectivity index (χ0) is 49.2. The maximum absolute atomic E-state index is 13.8. The Hall–Kier alpha value is -4.50. The van der Waals surface area contributed by atoms with E-state index in [1.165, 1.54) is 116 Å². The third-order valence-corrected chi connectivity index (χ3v) is 14.6. The van der Waals surface area contributed by atoms with E-state index in [1.807, 2.05) is 74.5 Å². The van der Waals surface area contributed by atoms with Gasteiger partial charge in [-0.2, -0.15) is 0 Å². The van der Waals surface area contributed by atoms with Crippen molar-refractivity contribution >= 4 is 22.7 Å².